The van der Waals surface area contributed by atoms with Crippen LogP contribution in [0.15, 0.2) is 60.9 Å². The van der Waals surface area contributed by atoms with Crippen LogP contribution in [0, 0.1) is 17.2 Å². The van der Waals surface area contributed by atoms with E-state index in [0.717, 1.165) is 6.07 Å². The first-order valence-corrected chi connectivity index (χ1v) is 20.5. The molecule has 2 unspecified atom stereocenters. The molecule has 2 aromatic heterocycles. The van der Waals surface area contributed by atoms with Crippen molar-refractivity contribution in [1.29, 1.82) is 0 Å². The van der Waals surface area contributed by atoms with E-state index in [2.05, 4.69) is 48.9 Å². The molecule has 0 spiro atoms. The second kappa shape index (κ2) is 20.8. The van der Waals surface area contributed by atoms with Gasteiger partial charge >= 0.3 is 12.5 Å². The Morgan fingerprint density at radius 3 is 2.14 bits per heavy atom. The SMILES string of the molecule is CCC.COCC1CC(c2ncc(-c3ccc(-c4ccc(C(=O)Nc5ccc(N6CCN(C(=O)C(C)(C)C)CC6)nc5)c(F)c4OC(F)(F)F)cc3)[nH]2)N(C(=O)CNC(=O)OC)C1. The van der Waals surface area contributed by atoms with Crippen LogP contribution in [0.1, 0.15) is 69.7 Å². The highest BCUT2D eigenvalue weighted by atomic mass is 19.4. The molecule has 19 heteroatoms. The van der Waals surface area contributed by atoms with E-state index in [1.807, 2.05) is 25.7 Å². The van der Waals surface area contributed by atoms with Crippen molar-refractivity contribution < 1.29 is 51.0 Å². The van der Waals surface area contributed by atoms with Crippen molar-refractivity contribution in [1.82, 2.24) is 30.1 Å². The number of anilines is 2. The maximum absolute atomic E-state index is 15.9. The lowest BCUT2D eigenvalue weighted by molar-refractivity contribution is -0.275. The lowest BCUT2D eigenvalue weighted by Gasteiger charge is -2.38. The second-order valence-electron chi connectivity index (χ2n) is 16.2. The molecule has 340 valence electrons. The van der Waals surface area contributed by atoms with Crippen LogP contribution in [0.4, 0.5) is 33.9 Å². The van der Waals surface area contributed by atoms with Gasteiger partial charge in [0, 0.05) is 56.7 Å². The van der Waals surface area contributed by atoms with E-state index in [1.54, 1.807) is 47.4 Å². The lowest BCUT2D eigenvalue weighted by Crippen LogP contribution is -2.51. The van der Waals surface area contributed by atoms with Gasteiger partial charge in [-0.1, -0.05) is 65.3 Å². The predicted octanol–water partition coefficient (Wildman–Crippen LogP) is 7.43. The number of nitrogens with zero attached hydrogens (tertiary/aromatic N) is 5. The first-order valence-electron chi connectivity index (χ1n) is 20.5. The molecule has 0 bridgehead atoms. The number of H-pyrrole nitrogens is 1. The Morgan fingerprint density at radius 2 is 1.56 bits per heavy atom. The zero-order valence-electron chi connectivity index (χ0n) is 36.4. The van der Waals surface area contributed by atoms with Gasteiger partial charge in [-0.3, -0.25) is 14.4 Å². The monoisotopic (exact) mass is 882 g/mol. The van der Waals surface area contributed by atoms with Crippen molar-refractivity contribution in [2.24, 2.45) is 11.3 Å². The molecule has 4 heterocycles. The predicted molar refractivity (Wildman–Crippen MR) is 227 cm³/mol. The molecule has 4 amide bonds. The van der Waals surface area contributed by atoms with E-state index in [-0.39, 0.29) is 41.1 Å². The maximum atomic E-state index is 15.9. The number of benzene rings is 2. The third-order valence-electron chi connectivity index (χ3n) is 10.2. The number of methoxy groups -OCH3 is 2. The van der Waals surface area contributed by atoms with E-state index in [4.69, 9.17) is 4.74 Å². The third-order valence-corrected chi connectivity index (χ3v) is 10.2. The molecule has 15 nitrogen and oxygen atoms in total. The van der Waals surface area contributed by atoms with Crippen molar-refractivity contribution in [2.75, 3.05) is 70.3 Å². The van der Waals surface area contributed by atoms with Crippen LogP contribution in [0.2, 0.25) is 0 Å². The summed E-state index contributed by atoms with van der Waals surface area (Å²) >= 11 is 0. The summed E-state index contributed by atoms with van der Waals surface area (Å²) in [7, 11) is 2.76. The molecule has 6 rings (SSSR count). The van der Waals surface area contributed by atoms with Gasteiger partial charge in [0.15, 0.2) is 11.6 Å². The van der Waals surface area contributed by atoms with E-state index in [9.17, 15) is 32.3 Å². The number of amides is 4. The summed E-state index contributed by atoms with van der Waals surface area (Å²) in [5, 5.41) is 4.88. The summed E-state index contributed by atoms with van der Waals surface area (Å²) in [6, 6.07) is 11.1. The van der Waals surface area contributed by atoms with Crippen LogP contribution in [-0.2, 0) is 19.1 Å². The normalized spacial score (nSPS) is 16.5. The minimum Gasteiger partial charge on any atom is -0.453 e. The fraction of sp³-hybridized carbons (Fsp3) is 0.455. The molecular formula is C44H54F4N8O7. The number of nitrogens with one attached hydrogen (secondary N) is 3. The summed E-state index contributed by atoms with van der Waals surface area (Å²) in [5.74, 6) is -2.91. The number of hydrogen-bond donors (Lipinski definition) is 3. The fourth-order valence-corrected chi connectivity index (χ4v) is 7.25. The van der Waals surface area contributed by atoms with Gasteiger partial charge in [-0.25, -0.2) is 19.2 Å². The number of alkyl halides is 3. The van der Waals surface area contributed by atoms with E-state index in [0.29, 0.717) is 68.7 Å². The first kappa shape index (κ1) is 47.8. The number of carbonyl (C=O) groups excluding carboxylic acids is 4. The van der Waals surface area contributed by atoms with Crippen molar-refractivity contribution in [3.63, 3.8) is 0 Å². The van der Waals surface area contributed by atoms with Crippen LogP contribution < -0.4 is 20.3 Å². The average molecular weight is 883 g/mol. The number of carbonyl (C=O) groups is 4. The zero-order chi connectivity index (χ0) is 46.1. The number of ether oxygens (including phenoxy) is 3. The molecule has 2 aliphatic heterocycles. The minimum atomic E-state index is -5.28. The summed E-state index contributed by atoms with van der Waals surface area (Å²) < 4.78 is 71.0. The van der Waals surface area contributed by atoms with Gasteiger partial charge in [-0.05, 0) is 41.8 Å². The van der Waals surface area contributed by atoms with E-state index >= 15 is 4.39 Å². The Hall–Kier alpha value is -6.24. The lowest BCUT2D eigenvalue weighted by atomic mass is 9.94. The Morgan fingerprint density at radius 1 is 0.889 bits per heavy atom. The van der Waals surface area contributed by atoms with Gasteiger partial charge < -0.3 is 44.5 Å². The molecule has 2 aromatic carbocycles. The van der Waals surface area contributed by atoms with Gasteiger partial charge in [-0.15, -0.1) is 13.2 Å². The summed E-state index contributed by atoms with van der Waals surface area (Å²) in [5.41, 5.74) is 0.0430. The number of aromatic nitrogens is 3. The Labute approximate surface area is 363 Å². The number of rotatable bonds is 11. The molecule has 2 atom stereocenters. The molecule has 0 aliphatic carbocycles. The van der Waals surface area contributed by atoms with Gasteiger partial charge in [0.1, 0.15) is 18.2 Å². The topological polar surface area (TPSA) is 171 Å². The smallest absolute Gasteiger partial charge is 0.453 e. The molecule has 63 heavy (non-hydrogen) atoms. The van der Waals surface area contributed by atoms with Crippen LogP contribution >= 0.6 is 0 Å². The number of imidazole rings is 1. The number of hydrogen-bond acceptors (Lipinski definition) is 10. The molecule has 0 radical (unpaired) electrons. The third kappa shape index (κ3) is 12.2. The largest absolute Gasteiger partial charge is 0.573 e. The second-order valence-corrected chi connectivity index (χ2v) is 16.2. The maximum Gasteiger partial charge on any atom is 0.573 e. The Bertz CT molecular complexity index is 2200. The van der Waals surface area contributed by atoms with Crippen molar-refractivity contribution in [3.05, 3.63) is 78.1 Å². The fourth-order valence-electron chi connectivity index (χ4n) is 7.25. The Balaban J connectivity index is 0.00000242. The van der Waals surface area contributed by atoms with Gasteiger partial charge in [0.05, 0.1) is 49.1 Å². The van der Waals surface area contributed by atoms with Crippen LogP contribution in [-0.4, -0.2) is 115 Å². The number of halogens is 4. The van der Waals surface area contributed by atoms with Gasteiger partial charge in [0.25, 0.3) is 5.91 Å². The van der Waals surface area contributed by atoms with E-state index < -0.39 is 46.9 Å². The van der Waals surface area contributed by atoms with Gasteiger partial charge in [-0.2, -0.15) is 0 Å². The molecule has 2 aliphatic rings. The van der Waals surface area contributed by atoms with Crippen LogP contribution in [0.3, 0.4) is 0 Å². The number of aromatic amines is 1. The average Bonchev–Trinajstić information content (AvgIpc) is 3.91. The minimum absolute atomic E-state index is 0.00960. The standard InChI is InChI=1S/C41H46F4N8O7.C3H8/c1-40(2,3)38(56)52-16-14-51(15-17-52)32-13-10-27(19-46-32)49-37(55)29-12-11-28(35(34(29)42)60-41(43,44)45)25-6-8-26(9-7-25)30-20-47-36(50-30)31-18-24(23-58-4)22-53(31)33(54)21-48-39(57)59-5;1-3-2/h6-13,19-20,24,31H,14-18,21-23H2,1-5H3,(H,47,50)(H,48,57)(H,49,55);3H2,1-2H3. The quantitative estimate of drug-likeness (QED) is 0.129. The molecule has 3 N–H and O–H groups in total. The summed E-state index contributed by atoms with van der Waals surface area (Å²) in [4.78, 5) is 68.0. The number of piperazine rings is 1. The number of pyridine rings is 1. The first-order chi connectivity index (χ1) is 29.9. The molecular weight excluding hydrogens is 829 g/mol. The molecule has 2 fully saturated rings. The number of alkyl carbamates (subject to hydrolysis) is 1. The highest BCUT2D eigenvalue weighted by Gasteiger charge is 2.38. The van der Waals surface area contributed by atoms with Crippen molar-refractivity contribution in [2.45, 2.75) is 59.9 Å². The number of likely N-dealkylation sites (tertiary alicyclic amines) is 1. The summed E-state index contributed by atoms with van der Waals surface area (Å²) in [6.45, 7) is 12.5. The summed E-state index contributed by atoms with van der Waals surface area (Å²) in [6.07, 6.45) is -1.33. The van der Waals surface area contributed by atoms with Crippen LogP contribution in [0.25, 0.3) is 22.4 Å². The molecule has 4 aromatic rings. The Kier molecular flexibility index (Phi) is 15.7. The zero-order valence-corrected chi connectivity index (χ0v) is 36.4. The van der Waals surface area contributed by atoms with Gasteiger partial charge in [0.2, 0.25) is 11.8 Å². The van der Waals surface area contributed by atoms with Crippen molar-refractivity contribution >= 4 is 35.3 Å². The highest BCUT2D eigenvalue weighted by molar-refractivity contribution is 6.05. The highest BCUT2D eigenvalue weighted by Crippen LogP contribution is 2.39. The molecule has 2 saturated heterocycles. The van der Waals surface area contributed by atoms with Crippen LogP contribution in [0.5, 0.6) is 5.75 Å². The van der Waals surface area contributed by atoms with Crippen molar-refractivity contribution in [3.8, 4) is 28.1 Å². The molecule has 0 saturated carbocycles. The van der Waals surface area contributed by atoms with E-state index in [1.165, 1.54) is 37.9 Å².